The summed E-state index contributed by atoms with van der Waals surface area (Å²) >= 11 is 0. The summed E-state index contributed by atoms with van der Waals surface area (Å²) in [5.41, 5.74) is 2.79. The van der Waals surface area contributed by atoms with Crippen LogP contribution in [0.5, 0.6) is 0 Å². The standard InChI is InChI=1S/C15H22O2/c1-11(2)14-8-7-13(10-16)6-4-5-12(3)15(17)9-14/h6,10,14-15,17H,1,3-5,7-9H2,2H3/b13-6-. The second-order valence-electron chi connectivity index (χ2n) is 4.93. The van der Waals surface area contributed by atoms with Gasteiger partial charge in [0.1, 0.15) is 6.29 Å². The Labute approximate surface area is 104 Å². The summed E-state index contributed by atoms with van der Waals surface area (Å²) in [4.78, 5) is 10.9. The van der Waals surface area contributed by atoms with Gasteiger partial charge in [0.25, 0.3) is 0 Å². The largest absolute Gasteiger partial charge is 0.389 e. The SMILES string of the molecule is C=C1CC/C=C(\C=O)CCC(C(=C)C)CC1O. The van der Waals surface area contributed by atoms with Gasteiger partial charge in [0, 0.05) is 0 Å². The van der Waals surface area contributed by atoms with Gasteiger partial charge in [-0.1, -0.05) is 24.8 Å². The number of aldehydes is 1. The van der Waals surface area contributed by atoms with E-state index in [1.165, 1.54) is 0 Å². The summed E-state index contributed by atoms with van der Waals surface area (Å²) in [7, 11) is 0. The van der Waals surface area contributed by atoms with Crippen LogP contribution in [0, 0.1) is 5.92 Å². The third kappa shape index (κ3) is 4.31. The fourth-order valence-electron chi connectivity index (χ4n) is 2.16. The van der Waals surface area contributed by atoms with Gasteiger partial charge in [-0.2, -0.15) is 0 Å². The minimum absolute atomic E-state index is 0.267. The monoisotopic (exact) mass is 234 g/mol. The van der Waals surface area contributed by atoms with Crippen molar-refractivity contribution in [1.29, 1.82) is 0 Å². The maximum Gasteiger partial charge on any atom is 0.145 e. The molecule has 2 atom stereocenters. The van der Waals surface area contributed by atoms with Crippen LogP contribution < -0.4 is 0 Å². The van der Waals surface area contributed by atoms with Crippen molar-refractivity contribution in [1.82, 2.24) is 0 Å². The molecule has 0 saturated heterocycles. The molecule has 94 valence electrons. The molecule has 0 spiro atoms. The summed E-state index contributed by atoms with van der Waals surface area (Å²) in [5.74, 6) is 0.267. The van der Waals surface area contributed by atoms with E-state index in [4.69, 9.17) is 0 Å². The topological polar surface area (TPSA) is 37.3 Å². The first-order chi connectivity index (χ1) is 8.04. The highest BCUT2D eigenvalue weighted by molar-refractivity contribution is 5.72. The first-order valence-electron chi connectivity index (χ1n) is 6.20. The van der Waals surface area contributed by atoms with Crippen LogP contribution in [-0.4, -0.2) is 17.5 Å². The van der Waals surface area contributed by atoms with Gasteiger partial charge >= 0.3 is 0 Å². The molecular weight excluding hydrogens is 212 g/mol. The van der Waals surface area contributed by atoms with E-state index in [9.17, 15) is 9.90 Å². The lowest BCUT2D eigenvalue weighted by Crippen LogP contribution is -2.17. The Hall–Kier alpha value is -1.15. The van der Waals surface area contributed by atoms with Crippen molar-refractivity contribution >= 4 is 6.29 Å². The van der Waals surface area contributed by atoms with Gasteiger partial charge in [0.05, 0.1) is 6.10 Å². The molecule has 2 heteroatoms. The van der Waals surface area contributed by atoms with Crippen molar-refractivity contribution in [2.24, 2.45) is 5.92 Å². The average molecular weight is 234 g/mol. The maximum absolute atomic E-state index is 10.9. The molecule has 0 aromatic heterocycles. The minimum atomic E-state index is -0.442. The molecule has 0 radical (unpaired) electrons. The van der Waals surface area contributed by atoms with Crippen molar-refractivity contribution in [3.63, 3.8) is 0 Å². The molecule has 0 heterocycles. The quantitative estimate of drug-likeness (QED) is 0.588. The molecule has 1 aliphatic rings. The predicted molar refractivity (Wildman–Crippen MR) is 70.7 cm³/mol. The van der Waals surface area contributed by atoms with Crippen molar-refractivity contribution in [2.75, 3.05) is 0 Å². The molecule has 1 rings (SSSR count). The zero-order valence-corrected chi connectivity index (χ0v) is 10.6. The lowest BCUT2D eigenvalue weighted by atomic mass is 9.85. The fraction of sp³-hybridized carbons (Fsp3) is 0.533. The van der Waals surface area contributed by atoms with Gasteiger partial charge in [0.2, 0.25) is 0 Å². The van der Waals surface area contributed by atoms with E-state index in [0.29, 0.717) is 6.42 Å². The first-order valence-corrected chi connectivity index (χ1v) is 6.20. The van der Waals surface area contributed by atoms with Crippen molar-refractivity contribution in [3.05, 3.63) is 36.0 Å². The maximum atomic E-state index is 10.9. The van der Waals surface area contributed by atoms with E-state index in [-0.39, 0.29) is 5.92 Å². The number of rotatable bonds is 2. The molecule has 1 N–H and O–H groups in total. The molecule has 0 bridgehead atoms. The van der Waals surface area contributed by atoms with Crippen LogP contribution >= 0.6 is 0 Å². The second-order valence-corrected chi connectivity index (χ2v) is 4.93. The molecule has 1 aliphatic carbocycles. The summed E-state index contributed by atoms with van der Waals surface area (Å²) in [6.45, 7) is 9.87. The minimum Gasteiger partial charge on any atom is -0.389 e. The Balaban J connectivity index is 2.81. The number of allylic oxidation sites excluding steroid dienone is 3. The number of hydrogen-bond donors (Lipinski definition) is 1. The molecule has 0 amide bonds. The Kier molecular flexibility index (Phi) is 5.36. The third-order valence-electron chi connectivity index (χ3n) is 3.48. The van der Waals surface area contributed by atoms with Gasteiger partial charge in [-0.05, 0) is 56.1 Å². The van der Waals surface area contributed by atoms with Gasteiger partial charge in [-0.25, -0.2) is 0 Å². The van der Waals surface area contributed by atoms with E-state index in [2.05, 4.69) is 13.2 Å². The van der Waals surface area contributed by atoms with E-state index in [1.807, 2.05) is 13.0 Å². The van der Waals surface area contributed by atoms with Crippen LogP contribution in [0.2, 0.25) is 0 Å². The second kappa shape index (κ2) is 6.55. The number of aliphatic hydroxyl groups excluding tert-OH is 1. The smallest absolute Gasteiger partial charge is 0.145 e. The van der Waals surface area contributed by atoms with Gasteiger partial charge in [-0.15, -0.1) is 0 Å². The Bertz CT molecular complexity index is 339. The lowest BCUT2D eigenvalue weighted by Gasteiger charge is -2.23. The van der Waals surface area contributed by atoms with Crippen LogP contribution in [0.3, 0.4) is 0 Å². The van der Waals surface area contributed by atoms with E-state index < -0.39 is 6.10 Å². The van der Waals surface area contributed by atoms with Crippen LogP contribution in [0.1, 0.15) is 39.0 Å². The van der Waals surface area contributed by atoms with Crippen molar-refractivity contribution in [2.45, 2.75) is 45.1 Å². The summed E-state index contributed by atoms with van der Waals surface area (Å²) in [6, 6.07) is 0. The van der Waals surface area contributed by atoms with E-state index >= 15 is 0 Å². The Morgan fingerprint density at radius 3 is 2.82 bits per heavy atom. The fourth-order valence-corrected chi connectivity index (χ4v) is 2.16. The van der Waals surface area contributed by atoms with Crippen LogP contribution in [-0.2, 0) is 4.79 Å². The third-order valence-corrected chi connectivity index (χ3v) is 3.48. The zero-order valence-electron chi connectivity index (χ0n) is 10.6. The lowest BCUT2D eigenvalue weighted by molar-refractivity contribution is -0.105. The highest BCUT2D eigenvalue weighted by Crippen LogP contribution is 2.27. The molecule has 0 aromatic carbocycles. The molecule has 0 aromatic rings. The van der Waals surface area contributed by atoms with Crippen molar-refractivity contribution in [3.8, 4) is 0 Å². The Morgan fingerprint density at radius 2 is 2.24 bits per heavy atom. The molecular formula is C15H22O2. The number of carbonyl (C=O) groups is 1. The van der Waals surface area contributed by atoms with Crippen molar-refractivity contribution < 1.29 is 9.90 Å². The molecule has 0 aliphatic heterocycles. The summed E-state index contributed by atoms with van der Waals surface area (Å²) in [5, 5.41) is 10.0. The molecule has 0 fully saturated rings. The molecule has 0 saturated carbocycles. The number of carbonyl (C=O) groups excluding carboxylic acids is 1. The van der Waals surface area contributed by atoms with E-state index in [0.717, 1.165) is 48.7 Å². The first kappa shape index (κ1) is 13.9. The highest BCUT2D eigenvalue weighted by Gasteiger charge is 2.18. The highest BCUT2D eigenvalue weighted by atomic mass is 16.3. The van der Waals surface area contributed by atoms with E-state index in [1.54, 1.807) is 0 Å². The number of aliphatic hydroxyl groups is 1. The zero-order chi connectivity index (χ0) is 12.8. The molecule has 17 heavy (non-hydrogen) atoms. The predicted octanol–water partition coefficient (Wildman–Crippen LogP) is 3.19. The Morgan fingerprint density at radius 1 is 1.53 bits per heavy atom. The normalized spacial score (nSPS) is 30.2. The molecule has 2 unspecified atom stereocenters. The van der Waals surface area contributed by atoms with Crippen LogP contribution in [0.25, 0.3) is 0 Å². The molecule has 2 nitrogen and oxygen atoms in total. The van der Waals surface area contributed by atoms with Crippen LogP contribution in [0.15, 0.2) is 36.0 Å². The van der Waals surface area contributed by atoms with Gasteiger partial charge in [0.15, 0.2) is 0 Å². The van der Waals surface area contributed by atoms with Gasteiger partial charge in [-0.3, -0.25) is 4.79 Å². The van der Waals surface area contributed by atoms with Crippen LogP contribution in [0.4, 0.5) is 0 Å². The summed E-state index contributed by atoms with van der Waals surface area (Å²) in [6.07, 6.45) is 6.35. The number of hydrogen-bond acceptors (Lipinski definition) is 2. The van der Waals surface area contributed by atoms with Gasteiger partial charge < -0.3 is 5.11 Å². The summed E-state index contributed by atoms with van der Waals surface area (Å²) < 4.78 is 0. The average Bonchev–Trinajstić information content (AvgIpc) is 2.30.